The zero-order valence-corrected chi connectivity index (χ0v) is 11.1. The van der Waals surface area contributed by atoms with Crippen molar-refractivity contribution in [1.29, 1.82) is 0 Å². The van der Waals surface area contributed by atoms with Crippen molar-refractivity contribution in [1.82, 2.24) is 5.32 Å². The molecule has 1 rings (SSSR count). The largest absolute Gasteiger partial charge is 0.480 e. The molecule has 0 aromatic heterocycles. The van der Waals surface area contributed by atoms with E-state index in [1.165, 1.54) is 11.8 Å². The highest BCUT2D eigenvalue weighted by molar-refractivity contribution is 7.98. The molecule has 6 heteroatoms. The minimum Gasteiger partial charge on any atom is -0.480 e. The number of urea groups is 1. The number of carbonyl (C=O) groups is 2. The SMILES string of the molecule is CSCC(NC(=O)Nc1ccccc1C)C(=O)O. The van der Waals surface area contributed by atoms with Gasteiger partial charge in [0, 0.05) is 11.4 Å². The first kappa shape index (κ1) is 14.4. The third-order valence-corrected chi connectivity index (χ3v) is 3.00. The van der Waals surface area contributed by atoms with Gasteiger partial charge in [-0.05, 0) is 24.8 Å². The molecule has 0 bridgehead atoms. The number of para-hydroxylation sites is 1. The van der Waals surface area contributed by atoms with Gasteiger partial charge in [-0.25, -0.2) is 9.59 Å². The van der Waals surface area contributed by atoms with Gasteiger partial charge in [-0.3, -0.25) is 0 Å². The van der Waals surface area contributed by atoms with Gasteiger partial charge in [0.2, 0.25) is 0 Å². The lowest BCUT2D eigenvalue weighted by atomic mass is 10.2. The highest BCUT2D eigenvalue weighted by Crippen LogP contribution is 2.12. The van der Waals surface area contributed by atoms with Crippen LogP contribution in [-0.4, -0.2) is 35.2 Å². The van der Waals surface area contributed by atoms with Crippen molar-refractivity contribution in [2.75, 3.05) is 17.3 Å². The van der Waals surface area contributed by atoms with Gasteiger partial charge < -0.3 is 15.7 Å². The first-order valence-corrected chi connectivity index (χ1v) is 6.79. The number of carboxylic acid groups (broad SMARTS) is 1. The molecule has 1 unspecified atom stereocenters. The second-order valence-electron chi connectivity index (χ2n) is 3.76. The summed E-state index contributed by atoms with van der Waals surface area (Å²) in [6, 6.07) is 5.91. The monoisotopic (exact) mass is 268 g/mol. The summed E-state index contributed by atoms with van der Waals surface area (Å²) in [4.78, 5) is 22.5. The first-order chi connectivity index (χ1) is 8.54. The predicted molar refractivity (Wildman–Crippen MR) is 73.1 cm³/mol. The average Bonchev–Trinajstić information content (AvgIpc) is 2.31. The van der Waals surface area contributed by atoms with Crippen LogP contribution in [-0.2, 0) is 4.79 Å². The Labute approximate surface area is 110 Å². The quantitative estimate of drug-likeness (QED) is 0.762. The minimum absolute atomic E-state index is 0.330. The van der Waals surface area contributed by atoms with E-state index in [-0.39, 0.29) is 0 Å². The number of rotatable bonds is 5. The Bertz CT molecular complexity index is 437. The van der Waals surface area contributed by atoms with Gasteiger partial charge in [0.25, 0.3) is 0 Å². The van der Waals surface area contributed by atoms with E-state index >= 15 is 0 Å². The highest BCUT2D eigenvalue weighted by Gasteiger charge is 2.19. The van der Waals surface area contributed by atoms with Crippen molar-refractivity contribution in [2.45, 2.75) is 13.0 Å². The van der Waals surface area contributed by atoms with Crippen molar-refractivity contribution >= 4 is 29.4 Å². The molecule has 0 aliphatic carbocycles. The van der Waals surface area contributed by atoms with E-state index in [0.29, 0.717) is 11.4 Å². The number of aliphatic carboxylic acids is 1. The topological polar surface area (TPSA) is 78.4 Å². The van der Waals surface area contributed by atoms with Gasteiger partial charge in [0.1, 0.15) is 6.04 Å². The van der Waals surface area contributed by atoms with Gasteiger partial charge in [-0.2, -0.15) is 11.8 Å². The van der Waals surface area contributed by atoms with Gasteiger partial charge in [-0.1, -0.05) is 18.2 Å². The summed E-state index contributed by atoms with van der Waals surface area (Å²) in [6.07, 6.45) is 1.79. The zero-order chi connectivity index (χ0) is 13.5. The van der Waals surface area contributed by atoms with Crippen LogP contribution in [0.2, 0.25) is 0 Å². The lowest BCUT2D eigenvalue weighted by Gasteiger charge is -2.14. The summed E-state index contributed by atoms with van der Waals surface area (Å²) in [5.74, 6) is -0.708. The Kier molecular flexibility index (Phi) is 5.51. The standard InChI is InChI=1S/C12H16N2O3S/c1-8-5-3-4-6-9(8)13-12(17)14-10(7-18-2)11(15)16/h3-6,10H,7H2,1-2H3,(H,15,16)(H2,13,14,17). The van der Waals surface area contributed by atoms with Crippen molar-refractivity contribution in [2.24, 2.45) is 0 Å². The summed E-state index contributed by atoms with van der Waals surface area (Å²) in [5.41, 5.74) is 1.59. The zero-order valence-electron chi connectivity index (χ0n) is 10.3. The van der Waals surface area contributed by atoms with Crippen LogP contribution in [0.15, 0.2) is 24.3 Å². The van der Waals surface area contributed by atoms with Crippen LogP contribution in [0.5, 0.6) is 0 Å². The van der Waals surface area contributed by atoms with E-state index in [4.69, 9.17) is 5.11 Å². The fourth-order valence-corrected chi connectivity index (χ4v) is 1.93. The molecule has 18 heavy (non-hydrogen) atoms. The van der Waals surface area contributed by atoms with Crippen LogP contribution in [0.4, 0.5) is 10.5 Å². The number of thioether (sulfide) groups is 1. The van der Waals surface area contributed by atoms with E-state index in [0.717, 1.165) is 5.56 Å². The minimum atomic E-state index is -1.04. The molecule has 3 N–H and O–H groups in total. The Morgan fingerprint density at radius 2 is 2.06 bits per heavy atom. The summed E-state index contributed by atoms with van der Waals surface area (Å²) in [7, 11) is 0. The van der Waals surface area contributed by atoms with Crippen LogP contribution in [0.1, 0.15) is 5.56 Å². The molecule has 0 aliphatic heterocycles. The van der Waals surface area contributed by atoms with Gasteiger partial charge in [0.15, 0.2) is 0 Å². The number of carboxylic acids is 1. The summed E-state index contributed by atoms with van der Waals surface area (Å²) < 4.78 is 0. The Morgan fingerprint density at radius 1 is 1.39 bits per heavy atom. The number of nitrogens with one attached hydrogen (secondary N) is 2. The molecule has 2 amide bonds. The number of hydrogen-bond acceptors (Lipinski definition) is 3. The van der Waals surface area contributed by atoms with Crippen LogP contribution < -0.4 is 10.6 Å². The van der Waals surface area contributed by atoms with Crippen molar-refractivity contribution in [3.63, 3.8) is 0 Å². The van der Waals surface area contributed by atoms with Crippen LogP contribution in [0, 0.1) is 6.92 Å². The molecule has 1 aromatic carbocycles. The molecule has 0 aliphatic rings. The number of aryl methyl sites for hydroxylation is 1. The molecule has 0 radical (unpaired) electrons. The summed E-state index contributed by atoms with van der Waals surface area (Å²) in [6.45, 7) is 1.87. The van der Waals surface area contributed by atoms with Crippen LogP contribution in [0.3, 0.4) is 0 Å². The molecule has 0 heterocycles. The highest BCUT2D eigenvalue weighted by atomic mass is 32.2. The second-order valence-corrected chi connectivity index (χ2v) is 4.67. The predicted octanol–water partition coefficient (Wildman–Crippen LogP) is 1.93. The number of carbonyl (C=O) groups excluding carboxylic acids is 1. The third kappa shape index (κ3) is 4.29. The van der Waals surface area contributed by atoms with Crippen molar-refractivity contribution in [3.8, 4) is 0 Å². The third-order valence-electron chi connectivity index (χ3n) is 2.33. The Balaban J connectivity index is 2.61. The molecule has 0 fully saturated rings. The molecule has 0 saturated heterocycles. The van der Waals surface area contributed by atoms with Crippen molar-refractivity contribution in [3.05, 3.63) is 29.8 Å². The van der Waals surface area contributed by atoms with E-state index in [2.05, 4.69) is 10.6 Å². The maximum Gasteiger partial charge on any atom is 0.327 e. The van der Waals surface area contributed by atoms with Gasteiger partial charge in [-0.15, -0.1) is 0 Å². The smallest absolute Gasteiger partial charge is 0.327 e. The lowest BCUT2D eigenvalue weighted by Crippen LogP contribution is -2.44. The molecule has 5 nitrogen and oxygen atoms in total. The summed E-state index contributed by atoms with van der Waals surface area (Å²) >= 11 is 1.37. The van der Waals surface area contributed by atoms with E-state index in [1.54, 1.807) is 18.4 Å². The number of anilines is 1. The van der Waals surface area contributed by atoms with Gasteiger partial charge >= 0.3 is 12.0 Å². The van der Waals surface area contributed by atoms with Crippen molar-refractivity contribution < 1.29 is 14.7 Å². The molecular formula is C12H16N2O3S. The van der Waals surface area contributed by atoms with E-state index in [9.17, 15) is 9.59 Å². The normalized spacial score (nSPS) is 11.7. The molecule has 0 saturated carbocycles. The van der Waals surface area contributed by atoms with E-state index < -0.39 is 18.0 Å². The maximum atomic E-state index is 11.7. The maximum absolute atomic E-state index is 11.7. The molecule has 1 atom stereocenters. The second kappa shape index (κ2) is 6.90. The first-order valence-electron chi connectivity index (χ1n) is 5.39. The lowest BCUT2D eigenvalue weighted by molar-refractivity contribution is -0.138. The molecule has 98 valence electrons. The number of benzene rings is 1. The number of amides is 2. The Hall–Kier alpha value is -1.69. The fourth-order valence-electron chi connectivity index (χ4n) is 1.37. The number of hydrogen-bond donors (Lipinski definition) is 3. The Morgan fingerprint density at radius 3 is 2.61 bits per heavy atom. The molecule has 1 aromatic rings. The summed E-state index contributed by atoms with van der Waals surface area (Å²) in [5, 5.41) is 14.0. The fraction of sp³-hybridized carbons (Fsp3) is 0.333. The molecular weight excluding hydrogens is 252 g/mol. The van der Waals surface area contributed by atoms with E-state index in [1.807, 2.05) is 19.1 Å². The molecule has 0 spiro atoms. The average molecular weight is 268 g/mol. The van der Waals surface area contributed by atoms with Gasteiger partial charge in [0.05, 0.1) is 0 Å². The van der Waals surface area contributed by atoms with Crippen LogP contribution in [0.25, 0.3) is 0 Å². The van der Waals surface area contributed by atoms with Crippen LogP contribution >= 0.6 is 11.8 Å².